The number of hydrogen-bond donors (Lipinski definition) is 3. The number of methoxy groups -OCH3 is 2. The van der Waals surface area contributed by atoms with Crippen molar-refractivity contribution in [1.29, 1.82) is 0 Å². The van der Waals surface area contributed by atoms with Gasteiger partial charge in [0.2, 0.25) is 0 Å². The van der Waals surface area contributed by atoms with Gasteiger partial charge >= 0.3 is 12.2 Å². The van der Waals surface area contributed by atoms with Gasteiger partial charge in [0.05, 0.1) is 75.2 Å². The average molecular weight is 939 g/mol. The molecule has 0 unspecified atom stereocenters. The minimum atomic E-state index is -2.11. The number of rotatable bonds is 18. The van der Waals surface area contributed by atoms with E-state index in [0.717, 1.165) is 11.1 Å². The first-order valence-electron chi connectivity index (χ1n) is 22.6. The second kappa shape index (κ2) is 22.0. The van der Waals surface area contributed by atoms with Gasteiger partial charge in [-0.05, 0) is 104 Å². The summed E-state index contributed by atoms with van der Waals surface area (Å²) in [5.74, 6) is 0.501. The van der Waals surface area contributed by atoms with Crippen molar-refractivity contribution in [3.63, 3.8) is 0 Å². The fraction of sp³-hybridized carbons (Fsp3) is 0.592. The lowest BCUT2D eigenvalue weighted by atomic mass is 10.1. The zero-order chi connectivity index (χ0) is 49.4. The Morgan fingerprint density at radius 3 is 1.45 bits per heavy atom. The van der Waals surface area contributed by atoms with Crippen LogP contribution < -0.4 is 29.6 Å². The first-order chi connectivity index (χ1) is 30.7. The van der Waals surface area contributed by atoms with Crippen LogP contribution in [0.2, 0.25) is 18.1 Å². The van der Waals surface area contributed by atoms with Gasteiger partial charge in [0.25, 0.3) is 11.8 Å². The van der Waals surface area contributed by atoms with Crippen molar-refractivity contribution in [2.75, 3.05) is 64.4 Å². The van der Waals surface area contributed by atoms with Crippen LogP contribution in [-0.2, 0) is 13.9 Å². The Hall–Kier alpha value is -5.26. The topological polar surface area (TPSA) is 184 Å². The predicted molar refractivity (Wildman–Crippen MR) is 258 cm³/mol. The molecule has 0 saturated carbocycles. The third-order valence-electron chi connectivity index (χ3n) is 11.5. The van der Waals surface area contributed by atoms with E-state index in [1.165, 1.54) is 31.3 Å². The number of carbonyl (C=O) groups excluding carboxylic acids is 4. The number of unbranched alkanes of at least 4 members (excludes halogenated alkanes) is 2. The summed E-state index contributed by atoms with van der Waals surface area (Å²) in [6, 6.07) is 5.52. The fourth-order valence-corrected chi connectivity index (χ4v) is 8.21. The SMILES string of the molecule is C=C1C[C@@H](CO)N(C(=O)c2cc(OC)c(OCCCCCOc3cc(NC(=O)OC(C)(C)C)c(C(=O)N4CC(=C)C[C@H]4CO[Si](C)(C)C(C)(C)C)cc3OC)cc2NC(=O)OC(C)(C)C)C1. The third-order valence-corrected chi connectivity index (χ3v) is 16.0. The summed E-state index contributed by atoms with van der Waals surface area (Å²) in [5.41, 5.74) is 0.874. The highest BCUT2D eigenvalue weighted by atomic mass is 28.4. The number of aliphatic hydroxyl groups excluding tert-OH is 1. The Morgan fingerprint density at radius 1 is 0.667 bits per heavy atom. The minimum Gasteiger partial charge on any atom is -0.493 e. The highest BCUT2D eigenvalue weighted by Gasteiger charge is 2.41. The van der Waals surface area contributed by atoms with Gasteiger partial charge in [-0.25, -0.2) is 9.59 Å². The summed E-state index contributed by atoms with van der Waals surface area (Å²) < 4.78 is 41.3. The predicted octanol–water partition coefficient (Wildman–Crippen LogP) is 9.58. The molecule has 0 aromatic heterocycles. The van der Waals surface area contributed by atoms with E-state index >= 15 is 0 Å². The molecular weight excluding hydrogens is 865 g/mol. The summed E-state index contributed by atoms with van der Waals surface area (Å²) in [6.07, 6.45) is 1.49. The average Bonchev–Trinajstić information content (AvgIpc) is 3.78. The summed E-state index contributed by atoms with van der Waals surface area (Å²) in [7, 11) is 0.835. The maximum absolute atomic E-state index is 14.4. The lowest BCUT2D eigenvalue weighted by Crippen LogP contribution is -2.46. The lowest BCUT2D eigenvalue weighted by molar-refractivity contribution is 0.0622. The second-order valence-electron chi connectivity index (χ2n) is 20.4. The lowest BCUT2D eigenvalue weighted by Gasteiger charge is -2.38. The highest BCUT2D eigenvalue weighted by molar-refractivity contribution is 6.74. The second-order valence-corrected chi connectivity index (χ2v) is 25.3. The zero-order valence-corrected chi connectivity index (χ0v) is 42.5. The monoisotopic (exact) mass is 939 g/mol. The van der Waals surface area contributed by atoms with E-state index in [-0.39, 0.29) is 71.6 Å². The van der Waals surface area contributed by atoms with Crippen LogP contribution in [0.1, 0.15) is 115 Å². The van der Waals surface area contributed by atoms with E-state index in [4.69, 9.17) is 32.8 Å². The molecule has 2 aromatic rings. The van der Waals surface area contributed by atoms with Crippen LogP contribution in [0.15, 0.2) is 48.6 Å². The quantitative estimate of drug-likeness (QED) is 0.0732. The van der Waals surface area contributed by atoms with Crippen LogP contribution in [-0.4, -0.2) is 124 Å². The Kier molecular flexibility index (Phi) is 17.8. The van der Waals surface area contributed by atoms with Gasteiger partial charge in [-0.15, -0.1) is 0 Å². The molecule has 66 heavy (non-hydrogen) atoms. The molecule has 17 heteroatoms. The number of anilines is 2. The number of amides is 4. The number of carbonyl (C=O) groups is 4. The molecular formula is C49H74N4O12Si. The fourth-order valence-electron chi connectivity index (χ4n) is 7.17. The van der Waals surface area contributed by atoms with Gasteiger partial charge in [0, 0.05) is 25.2 Å². The standard InChI is InChI=1S/C49H74N4O12Si/c1-31-21-33(29-54)52(27-31)43(55)35-23-39(59-12)41(25-37(35)50-45(57)64-47(3,4)5)61-19-17-16-18-20-62-42-26-38(51-46(58)65-48(6,7)8)36(24-40(42)60-13)44(56)53-28-32(2)22-34(53)30-63-66(14,15)49(9,10)11/h23-26,33-34,54H,1-2,16-22,27-30H2,3-15H3,(H,50,57)(H,51,58)/t33-,34-/m0/s1. The molecule has 2 saturated heterocycles. The van der Waals surface area contributed by atoms with Gasteiger partial charge in [0.15, 0.2) is 31.3 Å². The number of benzene rings is 2. The molecule has 366 valence electrons. The van der Waals surface area contributed by atoms with Gasteiger partial charge in [-0.2, -0.15) is 0 Å². The van der Waals surface area contributed by atoms with Crippen molar-refractivity contribution in [3.8, 4) is 23.0 Å². The van der Waals surface area contributed by atoms with Crippen molar-refractivity contribution in [1.82, 2.24) is 9.80 Å². The molecule has 16 nitrogen and oxygen atoms in total. The van der Waals surface area contributed by atoms with Gasteiger partial charge in [-0.1, -0.05) is 45.1 Å². The number of ether oxygens (including phenoxy) is 6. The van der Waals surface area contributed by atoms with Gasteiger partial charge < -0.3 is 47.8 Å². The maximum Gasteiger partial charge on any atom is 0.412 e. The normalized spacial score (nSPS) is 16.8. The highest BCUT2D eigenvalue weighted by Crippen LogP contribution is 2.40. The molecule has 2 aliphatic heterocycles. The first kappa shape index (κ1) is 53.4. The number of nitrogens with zero attached hydrogens (tertiary/aromatic N) is 2. The van der Waals surface area contributed by atoms with Crippen molar-refractivity contribution in [2.24, 2.45) is 0 Å². The Bertz CT molecular complexity index is 2100. The van der Waals surface area contributed by atoms with E-state index in [1.807, 2.05) is 0 Å². The molecule has 2 atom stereocenters. The number of likely N-dealkylation sites (tertiary alicyclic amines) is 2. The molecule has 2 fully saturated rings. The van der Waals surface area contributed by atoms with Crippen LogP contribution in [0.25, 0.3) is 0 Å². The molecule has 0 spiro atoms. The molecule has 2 aromatic carbocycles. The van der Waals surface area contributed by atoms with Gasteiger partial charge in [-0.3, -0.25) is 20.2 Å². The van der Waals surface area contributed by atoms with Crippen LogP contribution in [0.3, 0.4) is 0 Å². The van der Waals surface area contributed by atoms with Crippen molar-refractivity contribution in [2.45, 2.75) is 136 Å². The van der Waals surface area contributed by atoms with Crippen LogP contribution in [0.4, 0.5) is 21.0 Å². The summed E-state index contributed by atoms with van der Waals surface area (Å²) in [4.78, 5) is 57.6. The zero-order valence-electron chi connectivity index (χ0n) is 41.5. The van der Waals surface area contributed by atoms with E-state index in [9.17, 15) is 24.3 Å². The third kappa shape index (κ3) is 14.6. The Labute approximate surface area is 392 Å². The molecule has 0 aliphatic carbocycles. The van der Waals surface area contributed by atoms with E-state index < -0.39 is 43.7 Å². The molecule has 0 bridgehead atoms. The first-order valence-corrected chi connectivity index (χ1v) is 25.5. The molecule has 2 heterocycles. The van der Waals surface area contributed by atoms with Crippen LogP contribution in [0.5, 0.6) is 23.0 Å². The minimum absolute atomic E-state index is 0.00509. The molecule has 4 amide bonds. The number of hydrogen-bond acceptors (Lipinski definition) is 12. The van der Waals surface area contributed by atoms with E-state index in [0.29, 0.717) is 62.5 Å². The summed E-state index contributed by atoms with van der Waals surface area (Å²) in [5, 5.41) is 15.4. The largest absolute Gasteiger partial charge is 0.493 e. The van der Waals surface area contributed by atoms with Crippen LogP contribution in [0, 0.1) is 0 Å². The van der Waals surface area contributed by atoms with E-state index in [1.54, 1.807) is 58.6 Å². The number of nitrogens with one attached hydrogen (secondary N) is 2. The summed E-state index contributed by atoms with van der Waals surface area (Å²) >= 11 is 0. The Balaban J connectivity index is 1.47. The smallest absolute Gasteiger partial charge is 0.412 e. The van der Waals surface area contributed by atoms with Crippen LogP contribution >= 0.6 is 0 Å². The maximum atomic E-state index is 14.4. The Morgan fingerprint density at radius 2 is 1.08 bits per heavy atom. The van der Waals surface area contributed by atoms with Gasteiger partial charge in [0.1, 0.15) is 11.2 Å². The van der Waals surface area contributed by atoms with Crippen molar-refractivity contribution in [3.05, 3.63) is 59.7 Å². The number of aliphatic hydroxyl groups is 1. The molecule has 4 rings (SSSR count). The van der Waals surface area contributed by atoms with E-state index in [2.05, 4.69) is 57.7 Å². The van der Waals surface area contributed by atoms with Crippen molar-refractivity contribution >= 4 is 43.7 Å². The summed E-state index contributed by atoms with van der Waals surface area (Å²) in [6.45, 7) is 30.8. The molecule has 2 aliphatic rings. The molecule has 3 N–H and O–H groups in total. The molecule has 0 radical (unpaired) electrons. The van der Waals surface area contributed by atoms with Crippen molar-refractivity contribution < 1.29 is 57.1 Å².